The van der Waals surface area contributed by atoms with Crippen molar-refractivity contribution in [2.45, 2.75) is 26.4 Å². The zero-order valence-electron chi connectivity index (χ0n) is 11.9. The minimum Gasteiger partial charge on any atom is -0.492 e. The lowest BCUT2D eigenvalue weighted by molar-refractivity contribution is 0.272. The number of aryl methyl sites for hydroxylation is 2. The predicted octanol–water partition coefficient (Wildman–Crippen LogP) is 2.89. The average molecular weight is 258 g/mol. The fourth-order valence-electron chi connectivity index (χ4n) is 1.87. The summed E-state index contributed by atoms with van der Waals surface area (Å²) < 4.78 is 7.88. The Bertz CT molecular complexity index is 502. The van der Waals surface area contributed by atoms with Gasteiger partial charge in [0, 0.05) is 31.5 Å². The lowest BCUT2D eigenvalue weighted by Crippen LogP contribution is -2.31. The largest absolute Gasteiger partial charge is 0.492 e. The molecule has 0 spiro atoms. The molecule has 0 aliphatic rings. The minimum atomic E-state index is 0.316. The first kappa shape index (κ1) is 13.7. The zero-order chi connectivity index (χ0) is 13.7. The van der Waals surface area contributed by atoms with E-state index in [2.05, 4.69) is 61.2 Å². The molecule has 0 radical (unpaired) electrons. The number of hydrogen-bond acceptors (Lipinski definition) is 2. The number of nitrogens with zero attached hydrogens (tertiary/aromatic N) is 1. The molecule has 1 heterocycles. The number of rotatable bonds is 6. The van der Waals surface area contributed by atoms with Crippen molar-refractivity contribution in [3.8, 4) is 5.75 Å². The summed E-state index contributed by atoms with van der Waals surface area (Å²) in [5.74, 6) is 0.929. The highest BCUT2D eigenvalue weighted by Gasteiger charge is 2.04. The molecule has 2 aromatic rings. The Labute approximate surface area is 115 Å². The summed E-state index contributed by atoms with van der Waals surface area (Å²) in [7, 11) is 2.06. The lowest BCUT2D eigenvalue weighted by Gasteiger charge is -2.15. The van der Waals surface area contributed by atoms with Crippen molar-refractivity contribution in [3.63, 3.8) is 0 Å². The smallest absolute Gasteiger partial charge is 0.119 e. The molecule has 0 amide bonds. The molecular weight excluding hydrogens is 236 g/mol. The van der Waals surface area contributed by atoms with E-state index in [0.717, 1.165) is 12.3 Å². The molecule has 1 aromatic heterocycles. The molecule has 1 atom stereocenters. The molecule has 0 saturated carbocycles. The van der Waals surface area contributed by atoms with E-state index in [1.807, 2.05) is 12.1 Å². The molecular formula is C16H22N2O. The van der Waals surface area contributed by atoms with Crippen LogP contribution in [-0.4, -0.2) is 17.2 Å². The van der Waals surface area contributed by atoms with E-state index in [0.29, 0.717) is 12.6 Å². The lowest BCUT2D eigenvalue weighted by atomic mass is 10.2. The Morgan fingerprint density at radius 2 is 1.95 bits per heavy atom. The average Bonchev–Trinajstić information content (AvgIpc) is 2.81. The van der Waals surface area contributed by atoms with Crippen LogP contribution in [0.4, 0.5) is 0 Å². The second kappa shape index (κ2) is 6.43. The van der Waals surface area contributed by atoms with Crippen LogP contribution in [0.2, 0.25) is 0 Å². The van der Waals surface area contributed by atoms with Crippen molar-refractivity contribution in [1.29, 1.82) is 0 Å². The second-order valence-electron chi connectivity index (χ2n) is 5.02. The van der Waals surface area contributed by atoms with Crippen molar-refractivity contribution < 1.29 is 4.74 Å². The predicted molar refractivity (Wildman–Crippen MR) is 78.4 cm³/mol. The van der Waals surface area contributed by atoms with Gasteiger partial charge >= 0.3 is 0 Å². The Balaban J connectivity index is 1.74. The molecule has 1 unspecified atom stereocenters. The third-order valence-corrected chi connectivity index (χ3v) is 3.20. The molecule has 0 fully saturated rings. The molecule has 0 aliphatic carbocycles. The van der Waals surface area contributed by atoms with E-state index in [1.54, 1.807) is 0 Å². The zero-order valence-corrected chi connectivity index (χ0v) is 11.9. The van der Waals surface area contributed by atoms with E-state index >= 15 is 0 Å². The number of benzene rings is 1. The molecule has 3 nitrogen and oxygen atoms in total. The van der Waals surface area contributed by atoms with Crippen LogP contribution in [0.5, 0.6) is 5.75 Å². The van der Waals surface area contributed by atoms with Crippen molar-refractivity contribution in [3.05, 3.63) is 53.9 Å². The van der Waals surface area contributed by atoms with Crippen molar-refractivity contribution in [2.75, 3.05) is 6.61 Å². The number of ether oxygens (including phenoxy) is 1. The van der Waals surface area contributed by atoms with Crippen LogP contribution in [0.1, 0.15) is 18.2 Å². The van der Waals surface area contributed by atoms with Gasteiger partial charge in [-0.15, -0.1) is 0 Å². The van der Waals surface area contributed by atoms with Crippen LogP contribution < -0.4 is 10.1 Å². The van der Waals surface area contributed by atoms with Gasteiger partial charge in [-0.05, 0) is 38.1 Å². The number of hydrogen-bond donors (Lipinski definition) is 1. The van der Waals surface area contributed by atoms with Gasteiger partial charge in [-0.2, -0.15) is 0 Å². The SMILES string of the molecule is Cc1ccc(OCC(C)NCc2cccn2C)cc1. The maximum absolute atomic E-state index is 5.75. The van der Waals surface area contributed by atoms with Gasteiger partial charge in [0.05, 0.1) is 0 Å². The first-order valence-corrected chi connectivity index (χ1v) is 6.68. The summed E-state index contributed by atoms with van der Waals surface area (Å²) in [5, 5.41) is 3.46. The first-order chi connectivity index (χ1) is 9.15. The highest BCUT2D eigenvalue weighted by Crippen LogP contribution is 2.11. The van der Waals surface area contributed by atoms with E-state index < -0.39 is 0 Å². The van der Waals surface area contributed by atoms with Gasteiger partial charge in [-0.1, -0.05) is 17.7 Å². The Kier molecular flexibility index (Phi) is 4.63. The summed E-state index contributed by atoms with van der Waals surface area (Å²) in [6, 6.07) is 12.7. The second-order valence-corrected chi connectivity index (χ2v) is 5.02. The van der Waals surface area contributed by atoms with E-state index in [-0.39, 0.29) is 0 Å². The first-order valence-electron chi connectivity index (χ1n) is 6.68. The van der Waals surface area contributed by atoms with Crippen LogP contribution in [0.25, 0.3) is 0 Å². The summed E-state index contributed by atoms with van der Waals surface area (Å²) in [4.78, 5) is 0. The van der Waals surface area contributed by atoms with Crippen molar-refractivity contribution >= 4 is 0 Å². The Morgan fingerprint density at radius 3 is 2.58 bits per heavy atom. The molecule has 2 rings (SSSR count). The van der Waals surface area contributed by atoms with E-state index in [4.69, 9.17) is 4.74 Å². The third kappa shape index (κ3) is 4.14. The summed E-state index contributed by atoms with van der Waals surface area (Å²) >= 11 is 0. The number of aromatic nitrogens is 1. The fourth-order valence-corrected chi connectivity index (χ4v) is 1.87. The van der Waals surface area contributed by atoms with Crippen LogP contribution >= 0.6 is 0 Å². The molecule has 102 valence electrons. The van der Waals surface area contributed by atoms with Gasteiger partial charge in [0.2, 0.25) is 0 Å². The highest BCUT2D eigenvalue weighted by atomic mass is 16.5. The molecule has 0 bridgehead atoms. The maximum Gasteiger partial charge on any atom is 0.119 e. The third-order valence-electron chi connectivity index (χ3n) is 3.20. The fraction of sp³-hybridized carbons (Fsp3) is 0.375. The normalized spacial score (nSPS) is 12.4. The van der Waals surface area contributed by atoms with Crippen molar-refractivity contribution in [2.24, 2.45) is 7.05 Å². The summed E-state index contributed by atoms with van der Waals surface area (Å²) in [6.07, 6.45) is 2.06. The Hall–Kier alpha value is -1.74. The van der Waals surface area contributed by atoms with Gasteiger partial charge in [0.1, 0.15) is 12.4 Å². The van der Waals surface area contributed by atoms with Gasteiger partial charge in [0.25, 0.3) is 0 Å². The van der Waals surface area contributed by atoms with E-state index in [1.165, 1.54) is 11.3 Å². The van der Waals surface area contributed by atoms with Crippen LogP contribution in [0, 0.1) is 6.92 Å². The van der Waals surface area contributed by atoms with Gasteiger partial charge < -0.3 is 14.6 Å². The molecule has 1 N–H and O–H groups in total. The Morgan fingerprint density at radius 1 is 1.21 bits per heavy atom. The molecule has 1 aromatic carbocycles. The van der Waals surface area contributed by atoms with E-state index in [9.17, 15) is 0 Å². The van der Waals surface area contributed by atoms with Crippen molar-refractivity contribution in [1.82, 2.24) is 9.88 Å². The molecule has 19 heavy (non-hydrogen) atoms. The highest BCUT2D eigenvalue weighted by molar-refractivity contribution is 5.26. The maximum atomic E-state index is 5.75. The van der Waals surface area contributed by atoms with Gasteiger partial charge in [-0.25, -0.2) is 0 Å². The van der Waals surface area contributed by atoms with Gasteiger partial charge in [0.15, 0.2) is 0 Å². The van der Waals surface area contributed by atoms with Crippen LogP contribution in [-0.2, 0) is 13.6 Å². The standard InChI is InChI=1S/C16H22N2O/c1-13-6-8-16(9-7-13)19-12-14(2)17-11-15-5-4-10-18(15)3/h4-10,14,17H,11-12H2,1-3H3. The molecule has 0 aliphatic heterocycles. The van der Waals surface area contributed by atoms with Crippen LogP contribution in [0.15, 0.2) is 42.6 Å². The summed E-state index contributed by atoms with van der Waals surface area (Å²) in [5.41, 5.74) is 2.53. The number of nitrogens with one attached hydrogen (secondary N) is 1. The summed E-state index contributed by atoms with van der Waals surface area (Å²) in [6.45, 7) is 5.75. The van der Waals surface area contributed by atoms with Gasteiger partial charge in [-0.3, -0.25) is 0 Å². The topological polar surface area (TPSA) is 26.2 Å². The quantitative estimate of drug-likeness (QED) is 0.862. The minimum absolute atomic E-state index is 0.316. The van der Waals surface area contributed by atoms with Crippen LogP contribution in [0.3, 0.4) is 0 Å². The molecule has 3 heteroatoms. The monoisotopic (exact) mass is 258 g/mol. The molecule has 0 saturated heterocycles.